The summed E-state index contributed by atoms with van der Waals surface area (Å²) >= 11 is 6.64. The molecular weight excluding hydrogens is 520 g/mol. The molecule has 11 nitrogen and oxygen atoms in total. The topological polar surface area (TPSA) is 119 Å². The lowest BCUT2D eigenvalue weighted by Gasteiger charge is -2.29. The van der Waals surface area contributed by atoms with E-state index >= 15 is 0 Å². The molecule has 3 aromatic rings. The minimum absolute atomic E-state index is 0.384. The molecule has 204 valence electrons. The molecule has 2 aliphatic rings. The summed E-state index contributed by atoms with van der Waals surface area (Å²) in [6.07, 6.45) is 8.86. The summed E-state index contributed by atoms with van der Waals surface area (Å²) in [4.78, 5) is 24.7. The minimum Gasteiger partial charge on any atom is -0.496 e. The first-order valence-electron chi connectivity index (χ1n) is 12.7. The normalized spacial score (nSPS) is 17.4. The molecule has 0 aliphatic carbocycles. The fourth-order valence-electron chi connectivity index (χ4n) is 4.52. The number of benzene rings is 1. The summed E-state index contributed by atoms with van der Waals surface area (Å²) in [5.41, 5.74) is 2.73. The number of amidine groups is 1. The van der Waals surface area contributed by atoms with Crippen molar-refractivity contribution in [2.24, 2.45) is 10.9 Å². The Bertz CT molecular complexity index is 1350. The van der Waals surface area contributed by atoms with Crippen LogP contribution in [-0.4, -0.2) is 84.3 Å². The summed E-state index contributed by atoms with van der Waals surface area (Å²) < 4.78 is 16.4. The third-order valence-electron chi connectivity index (χ3n) is 6.66. The molecule has 1 aromatic carbocycles. The average molecular weight is 551 g/mol. The maximum atomic E-state index is 6.64. The van der Waals surface area contributed by atoms with Crippen molar-refractivity contribution in [1.29, 1.82) is 0 Å². The zero-order valence-electron chi connectivity index (χ0n) is 22.1. The highest BCUT2D eigenvalue weighted by Crippen LogP contribution is 2.42. The third kappa shape index (κ3) is 6.27. The van der Waals surface area contributed by atoms with Crippen LogP contribution in [-0.2, 0) is 4.74 Å². The number of dihydropyridines is 1. The van der Waals surface area contributed by atoms with Gasteiger partial charge in [-0.2, -0.15) is 0 Å². The lowest BCUT2D eigenvalue weighted by molar-refractivity contribution is 0.0338. The first-order chi connectivity index (χ1) is 19.1. The Kier molecular flexibility index (Phi) is 8.50. The average Bonchev–Trinajstić information content (AvgIpc) is 2.97. The summed E-state index contributed by atoms with van der Waals surface area (Å²) in [5, 5.41) is 7.04. The second-order valence-corrected chi connectivity index (χ2v) is 9.55. The Morgan fingerprint density at radius 1 is 1.05 bits per heavy atom. The van der Waals surface area contributed by atoms with E-state index in [1.54, 1.807) is 26.5 Å². The second kappa shape index (κ2) is 12.4. The number of hydrogen-bond donors (Lipinski definition) is 2. The number of morpholine rings is 1. The van der Waals surface area contributed by atoms with Crippen molar-refractivity contribution >= 4 is 34.8 Å². The van der Waals surface area contributed by atoms with Crippen LogP contribution in [0.25, 0.3) is 11.3 Å². The highest BCUT2D eigenvalue weighted by molar-refractivity contribution is 6.35. The van der Waals surface area contributed by atoms with Crippen molar-refractivity contribution in [2.75, 3.05) is 64.2 Å². The van der Waals surface area contributed by atoms with Crippen molar-refractivity contribution in [3.63, 3.8) is 0 Å². The summed E-state index contributed by atoms with van der Waals surface area (Å²) in [7, 11) is 3.16. The predicted octanol–water partition coefficient (Wildman–Crippen LogP) is 3.98. The summed E-state index contributed by atoms with van der Waals surface area (Å²) in [5.74, 6) is 3.40. The maximum absolute atomic E-state index is 6.64. The van der Waals surface area contributed by atoms with Gasteiger partial charge < -0.3 is 24.8 Å². The van der Waals surface area contributed by atoms with E-state index in [1.807, 2.05) is 19.1 Å². The van der Waals surface area contributed by atoms with Crippen molar-refractivity contribution < 1.29 is 14.2 Å². The van der Waals surface area contributed by atoms with E-state index in [9.17, 15) is 0 Å². The van der Waals surface area contributed by atoms with Gasteiger partial charge in [0.25, 0.3) is 0 Å². The van der Waals surface area contributed by atoms with Crippen molar-refractivity contribution in [3.05, 3.63) is 53.7 Å². The Morgan fingerprint density at radius 3 is 2.62 bits per heavy atom. The molecule has 2 aliphatic heterocycles. The van der Waals surface area contributed by atoms with Crippen LogP contribution in [0.3, 0.4) is 0 Å². The van der Waals surface area contributed by atoms with Gasteiger partial charge in [-0.25, -0.2) is 19.9 Å². The third-order valence-corrected chi connectivity index (χ3v) is 7.03. The Morgan fingerprint density at radius 2 is 1.87 bits per heavy atom. The largest absolute Gasteiger partial charge is 0.496 e. The zero-order valence-corrected chi connectivity index (χ0v) is 22.9. The molecule has 1 fully saturated rings. The predicted molar refractivity (Wildman–Crippen MR) is 151 cm³/mol. The minimum atomic E-state index is 0.384. The number of rotatable bonds is 8. The summed E-state index contributed by atoms with van der Waals surface area (Å²) in [6.45, 7) is 7.16. The van der Waals surface area contributed by atoms with E-state index in [0.29, 0.717) is 51.0 Å². The van der Waals surface area contributed by atoms with Gasteiger partial charge in [0.2, 0.25) is 0 Å². The fraction of sp³-hybridized carbons (Fsp3) is 0.370. The molecular formula is C27H31ClN8O3. The van der Waals surface area contributed by atoms with Crippen LogP contribution in [0.5, 0.6) is 11.5 Å². The van der Waals surface area contributed by atoms with Crippen LogP contribution < -0.4 is 20.1 Å². The van der Waals surface area contributed by atoms with Gasteiger partial charge in [-0.1, -0.05) is 17.7 Å². The first kappa shape index (κ1) is 26.8. The lowest BCUT2D eigenvalue weighted by atomic mass is 10.1. The van der Waals surface area contributed by atoms with Crippen molar-refractivity contribution in [2.45, 2.75) is 6.92 Å². The van der Waals surface area contributed by atoms with Gasteiger partial charge in [0.1, 0.15) is 46.6 Å². The number of aromatic nitrogens is 4. The second-order valence-electron chi connectivity index (χ2n) is 9.18. The van der Waals surface area contributed by atoms with Gasteiger partial charge in [-0.05, 0) is 13.0 Å². The van der Waals surface area contributed by atoms with Gasteiger partial charge in [0.05, 0.1) is 44.4 Å². The van der Waals surface area contributed by atoms with E-state index in [4.69, 9.17) is 30.8 Å². The molecule has 39 heavy (non-hydrogen) atoms. The Hall–Kier alpha value is -3.80. The quantitative estimate of drug-likeness (QED) is 0.426. The van der Waals surface area contributed by atoms with E-state index in [2.05, 4.69) is 41.5 Å². The monoisotopic (exact) mass is 550 g/mol. The number of aliphatic imine (C=N–C) groups is 1. The zero-order chi connectivity index (χ0) is 27.2. The first-order valence-corrected chi connectivity index (χ1v) is 13.0. The molecule has 2 aromatic heterocycles. The number of anilines is 3. The van der Waals surface area contributed by atoms with E-state index in [1.165, 1.54) is 12.7 Å². The van der Waals surface area contributed by atoms with Gasteiger partial charge in [0.15, 0.2) is 0 Å². The molecule has 0 spiro atoms. The van der Waals surface area contributed by atoms with Crippen LogP contribution in [0, 0.1) is 12.8 Å². The fourth-order valence-corrected chi connectivity index (χ4v) is 4.84. The van der Waals surface area contributed by atoms with Crippen molar-refractivity contribution in [1.82, 2.24) is 24.8 Å². The van der Waals surface area contributed by atoms with Crippen LogP contribution in [0.15, 0.2) is 48.1 Å². The molecule has 0 radical (unpaired) electrons. The molecule has 1 unspecified atom stereocenters. The molecule has 4 heterocycles. The lowest BCUT2D eigenvalue weighted by Crippen LogP contribution is -2.40. The smallest absolute Gasteiger partial charge is 0.143 e. The molecule has 12 heteroatoms. The SMILES string of the molecule is COc1cc(OC)c(Cl)c(Nc2ncncc2-c2cc(NC3=NCC(CN4CCOCC4)C=C3)ncn2)c1C. The van der Waals surface area contributed by atoms with Gasteiger partial charge in [0, 0.05) is 56.0 Å². The van der Waals surface area contributed by atoms with E-state index < -0.39 is 0 Å². The number of halogens is 1. The molecule has 2 N–H and O–H groups in total. The van der Waals surface area contributed by atoms with Gasteiger partial charge in [-0.3, -0.25) is 9.89 Å². The number of nitrogens with one attached hydrogen (secondary N) is 2. The highest BCUT2D eigenvalue weighted by atomic mass is 35.5. The standard InChI is InChI=1S/C27H31ClN8O3/c1-17-21(37-2)11-22(38-3)25(28)26(17)35-27-19(13-29-15-33-27)20-10-24(32-16-31-20)34-23-5-4-18(12-30-23)14-36-6-8-39-9-7-36/h4-5,10-11,13,15-16,18H,6-9,12,14H2,1-3H3,(H,29,33,35)(H,30,31,32,34). The Balaban J connectivity index is 1.33. The maximum Gasteiger partial charge on any atom is 0.143 e. The number of hydrogen-bond acceptors (Lipinski definition) is 11. The molecule has 0 saturated carbocycles. The number of nitrogens with zero attached hydrogens (tertiary/aromatic N) is 6. The van der Waals surface area contributed by atoms with Crippen LogP contribution in [0.2, 0.25) is 5.02 Å². The highest BCUT2D eigenvalue weighted by Gasteiger charge is 2.20. The number of ether oxygens (including phenoxy) is 3. The molecule has 1 saturated heterocycles. The molecule has 0 bridgehead atoms. The van der Waals surface area contributed by atoms with Crippen LogP contribution in [0.1, 0.15) is 5.56 Å². The van der Waals surface area contributed by atoms with Gasteiger partial charge >= 0.3 is 0 Å². The molecule has 1 atom stereocenters. The van der Waals surface area contributed by atoms with Crippen LogP contribution in [0.4, 0.5) is 17.3 Å². The number of methoxy groups -OCH3 is 2. The van der Waals surface area contributed by atoms with Crippen LogP contribution >= 0.6 is 11.6 Å². The van der Waals surface area contributed by atoms with Gasteiger partial charge in [-0.15, -0.1) is 0 Å². The van der Waals surface area contributed by atoms with E-state index in [0.717, 1.165) is 50.8 Å². The molecule has 0 amide bonds. The summed E-state index contributed by atoms with van der Waals surface area (Å²) in [6, 6.07) is 3.58. The van der Waals surface area contributed by atoms with E-state index in [-0.39, 0.29) is 0 Å². The Labute approximate surface area is 232 Å². The molecule has 5 rings (SSSR count). The van der Waals surface area contributed by atoms with Crippen molar-refractivity contribution in [3.8, 4) is 22.8 Å².